The molecule has 0 bridgehead atoms. The van der Waals surface area contributed by atoms with Crippen LogP contribution in [0.25, 0.3) is 0 Å². The van der Waals surface area contributed by atoms with E-state index in [2.05, 4.69) is 19.6 Å². The zero-order valence-corrected chi connectivity index (χ0v) is 9.89. The van der Waals surface area contributed by atoms with Gasteiger partial charge in [0.2, 0.25) is 0 Å². The third-order valence-corrected chi connectivity index (χ3v) is 3.80. The number of aliphatic hydroxyl groups is 2. The standard InChI is InChI=1S/C9H22O2Si/c1-9(2,11)8(6-10)7-12(3,4)5/h8,10-11H,6-7H2,1-5H3/t8-/m1/s1. The van der Waals surface area contributed by atoms with Crippen molar-refractivity contribution in [3.8, 4) is 0 Å². The zero-order chi connectivity index (χ0) is 9.99. The van der Waals surface area contributed by atoms with Gasteiger partial charge in [0.25, 0.3) is 0 Å². The molecule has 0 rings (SSSR count). The molecule has 1 atom stereocenters. The highest BCUT2D eigenvalue weighted by molar-refractivity contribution is 6.76. The van der Waals surface area contributed by atoms with E-state index in [0.717, 1.165) is 6.04 Å². The molecular formula is C9H22O2Si. The van der Waals surface area contributed by atoms with Crippen molar-refractivity contribution < 1.29 is 10.2 Å². The number of rotatable bonds is 4. The molecule has 3 heteroatoms. The largest absolute Gasteiger partial charge is 0.396 e. The number of hydrogen-bond acceptors (Lipinski definition) is 2. The van der Waals surface area contributed by atoms with Crippen molar-refractivity contribution in [3.05, 3.63) is 0 Å². The first kappa shape index (κ1) is 12.1. The van der Waals surface area contributed by atoms with Gasteiger partial charge < -0.3 is 10.2 Å². The van der Waals surface area contributed by atoms with Gasteiger partial charge in [-0.15, -0.1) is 0 Å². The van der Waals surface area contributed by atoms with Crippen LogP contribution in [0.1, 0.15) is 13.8 Å². The lowest BCUT2D eigenvalue weighted by molar-refractivity contribution is -0.000304. The maximum Gasteiger partial charge on any atom is 0.0638 e. The minimum atomic E-state index is -1.17. The average molecular weight is 190 g/mol. The van der Waals surface area contributed by atoms with E-state index in [1.54, 1.807) is 13.8 Å². The highest BCUT2D eigenvalue weighted by atomic mass is 28.3. The summed E-state index contributed by atoms with van der Waals surface area (Å²) in [5, 5.41) is 18.8. The monoisotopic (exact) mass is 190 g/mol. The molecule has 0 radical (unpaired) electrons. The van der Waals surface area contributed by atoms with E-state index < -0.39 is 13.7 Å². The summed E-state index contributed by atoms with van der Waals surface area (Å²) in [5.74, 6) is 0.0316. The Morgan fingerprint density at radius 3 is 1.75 bits per heavy atom. The Hall–Kier alpha value is 0.137. The lowest BCUT2D eigenvalue weighted by Crippen LogP contribution is -2.38. The van der Waals surface area contributed by atoms with Crippen LogP contribution < -0.4 is 0 Å². The molecule has 0 saturated carbocycles. The van der Waals surface area contributed by atoms with E-state index >= 15 is 0 Å². The smallest absolute Gasteiger partial charge is 0.0638 e. The van der Waals surface area contributed by atoms with Crippen LogP contribution >= 0.6 is 0 Å². The van der Waals surface area contributed by atoms with E-state index in [1.165, 1.54) is 0 Å². The summed E-state index contributed by atoms with van der Waals surface area (Å²) in [4.78, 5) is 0. The van der Waals surface area contributed by atoms with Gasteiger partial charge in [0.15, 0.2) is 0 Å². The molecule has 2 nitrogen and oxygen atoms in total. The van der Waals surface area contributed by atoms with E-state index in [9.17, 15) is 5.11 Å². The Labute approximate surface area is 76.6 Å². The van der Waals surface area contributed by atoms with Gasteiger partial charge in [-0.25, -0.2) is 0 Å². The fourth-order valence-electron chi connectivity index (χ4n) is 1.28. The van der Waals surface area contributed by atoms with Gasteiger partial charge in [-0.05, 0) is 19.9 Å². The van der Waals surface area contributed by atoms with E-state index in [4.69, 9.17) is 5.11 Å². The minimum absolute atomic E-state index is 0.0316. The first-order valence-electron chi connectivity index (χ1n) is 4.50. The molecular weight excluding hydrogens is 168 g/mol. The van der Waals surface area contributed by atoms with Gasteiger partial charge in [0.1, 0.15) is 0 Å². The van der Waals surface area contributed by atoms with Crippen molar-refractivity contribution in [1.82, 2.24) is 0 Å². The van der Waals surface area contributed by atoms with Gasteiger partial charge in [0, 0.05) is 20.6 Å². The Kier molecular flexibility index (Phi) is 3.94. The zero-order valence-electron chi connectivity index (χ0n) is 8.89. The van der Waals surface area contributed by atoms with Crippen molar-refractivity contribution in [1.29, 1.82) is 0 Å². The third-order valence-electron chi connectivity index (χ3n) is 2.08. The molecule has 2 N–H and O–H groups in total. The van der Waals surface area contributed by atoms with Crippen LogP contribution in [0.3, 0.4) is 0 Å². The molecule has 0 amide bonds. The Morgan fingerprint density at radius 1 is 1.25 bits per heavy atom. The van der Waals surface area contributed by atoms with E-state index in [1.807, 2.05) is 0 Å². The highest BCUT2D eigenvalue weighted by Gasteiger charge is 2.30. The molecule has 0 fully saturated rings. The molecule has 0 saturated heterocycles. The Bertz CT molecular complexity index is 132. The number of aliphatic hydroxyl groups excluding tert-OH is 1. The van der Waals surface area contributed by atoms with Crippen molar-refractivity contribution in [3.63, 3.8) is 0 Å². The molecule has 12 heavy (non-hydrogen) atoms. The van der Waals surface area contributed by atoms with E-state index in [-0.39, 0.29) is 12.5 Å². The fourth-order valence-corrected chi connectivity index (χ4v) is 3.38. The molecule has 0 aliphatic carbocycles. The first-order valence-corrected chi connectivity index (χ1v) is 8.21. The summed E-state index contributed by atoms with van der Waals surface area (Å²) in [6, 6.07) is 0.979. The van der Waals surface area contributed by atoms with Crippen LogP contribution in [-0.2, 0) is 0 Å². The van der Waals surface area contributed by atoms with Crippen LogP contribution in [0.15, 0.2) is 0 Å². The second-order valence-corrected chi connectivity index (χ2v) is 10.8. The molecule has 74 valence electrons. The quantitative estimate of drug-likeness (QED) is 0.663. The number of hydrogen-bond donors (Lipinski definition) is 2. The molecule has 0 aliphatic heterocycles. The van der Waals surface area contributed by atoms with E-state index in [0.29, 0.717) is 0 Å². The first-order chi connectivity index (χ1) is 5.17. The lowest BCUT2D eigenvalue weighted by atomic mass is 9.94. The molecule has 0 aromatic heterocycles. The van der Waals surface area contributed by atoms with Crippen LogP contribution in [0, 0.1) is 5.92 Å². The van der Waals surface area contributed by atoms with Crippen LogP contribution in [0.2, 0.25) is 25.7 Å². The predicted molar refractivity (Wildman–Crippen MR) is 55.0 cm³/mol. The average Bonchev–Trinajstić information content (AvgIpc) is 1.78. The van der Waals surface area contributed by atoms with Crippen molar-refractivity contribution in [2.45, 2.75) is 45.1 Å². The van der Waals surface area contributed by atoms with Crippen molar-refractivity contribution in [2.75, 3.05) is 6.61 Å². The maximum absolute atomic E-state index is 9.70. The van der Waals surface area contributed by atoms with Crippen LogP contribution in [-0.4, -0.2) is 30.5 Å². The predicted octanol–water partition coefficient (Wildman–Crippen LogP) is 1.70. The van der Waals surface area contributed by atoms with Gasteiger partial charge in [-0.2, -0.15) is 0 Å². The second kappa shape index (κ2) is 3.90. The fraction of sp³-hybridized carbons (Fsp3) is 1.00. The van der Waals surface area contributed by atoms with Crippen molar-refractivity contribution in [2.24, 2.45) is 5.92 Å². The van der Waals surface area contributed by atoms with Gasteiger partial charge in [0.05, 0.1) is 5.60 Å². The summed E-state index contributed by atoms with van der Waals surface area (Å²) in [6.07, 6.45) is 0. The normalized spacial score (nSPS) is 16.2. The Balaban J connectivity index is 4.20. The molecule has 0 aromatic rings. The topological polar surface area (TPSA) is 40.5 Å². The molecule has 0 spiro atoms. The maximum atomic E-state index is 9.70. The highest BCUT2D eigenvalue weighted by Crippen LogP contribution is 2.25. The summed E-state index contributed by atoms with van der Waals surface area (Å²) >= 11 is 0. The van der Waals surface area contributed by atoms with Crippen molar-refractivity contribution >= 4 is 8.07 Å². The summed E-state index contributed by atoms with van der Waals surface area (Å²) in [6.45, 7) is 10.4. The van der Waals surface area contributed by atoms with Crippen LogP contribution in [0.4, 0.5) is 0 Å². The SMILES string of the molecule is CC(C)(O)[C@H](CO)C[Si](C)(C)C. The lowest BCUT2D eigenvalue weighted by Gasteiger charge is -2.32. The summed E-state index contributed by atoms with van der Waals surface area (Å²) in [5.41, 5.74) is -0.741. The van der Waals surface area contributed by atoms with Crippen LogP contribution in [0.5, 0.6) is 0 Å². The Morgan fingerprint density at radius 2 is 1.67 bits per heavy atom. The van der Waals surface area contributed by atoms with Gasteiger partial charge in [-0.1, -0.05) is 19.6 Å². The molecule has 0 aliphatic rings. The second-order valence-electron chi connectivity index (χ2n) is 5.30. The molecule has 0 aromatic carbocycles. The van der Waals surface area contributed by atoms with Gasteiger partial charge in [-0.3, -0.25) is 0 Å². The minimum Gasteiger partial charge on any atom is -0.396 e. The molecule has 0 heterocycles. The summed E-state index contributed by atoms with van der Waals surface area (Å²) < 4.78 is 0. The third kappa shape index (κ3) is 4.90. The summed E-state index contributed by atoms with van der Waals surface area (Å²) in [7, 11) is -1.17. The molecule has 0 unspecified atom stereocenters. The van der Waals surface area contributed by atoms with Gasteiger partial charge >= 0.3 is 0 Å².